The van der Waals surface area contributed by atoms with Gasteiger partial charge in [-0.15, -0.1) is 0 Å². The molecule has 0 amide bonds. The number of hydrogen-bond acceptors (Lipinski definition) is 6. The highest BCUT2D eigenvalue weighted by Gasteiger charge is 2.33. The van der Waals surface area contributed by atoms with Crippen molar-refractivity contribution in [2.24, 2.45) is 0 Å². The predicted octanol–water partition coefficient (Wildman–Crippen LogP) is 4.72. The number of nitriles is 2. The van der Waals surface area contributed by atoms with E-state index in [1.54, 1.807) is 0 Å². The molecule has 7 nitrogen and oxygen atoms in total. The van der Waals surface area contributed by atoms with Crippen molar-refractivity contribution in [2.75, 3.05) is 5.73 Å². The number of rotatable bonds is 4. The van der Waals surface area contributed by atoms with Crippen molar-refractivity contribution in [1.82, 2.24) is 14.8 Å². The monoisotopic (exact) mass is 446 g/mol. The molecular formula is C20H14ClF3N6O. The molecule has 2 heterocycles. The lowest BCUT2D eigenvalue weighted by Crippen LogP contribution is -2.10. The molecule has 0 fully saturated rings. The summed E-state index contributed by atoms with van der Waals surface area (Å²) in [5.74, 6) is 0.177. The molecule has 0 saturated heterocycles. The summed E-state index contributed by atoms with van der Waals surface area (Å²) < 4.78 is 46.0. The van der Waals surface area contributed by atoms with E-state index in [1.807, 2.05) is 26.0 Å². The van der Waals surface area contributed by atoms with Crippen LogP contribution in [0.1, 0.15) is 30.5 Å². The second-order valence-corrected chi connectivity index (χ2v) is 7.06. The molecule has 158 valence electrons. The molecule has 0 radical (unpaired) electrons. The van der Waals surface area contributed by atoms with Gasteiger partial charge in [-0.05, 0) is 31.5 Å². The third-order valence-electron chi connectivity index (χ3n) is 4.14. The van der Waals surface area contributed by atoms with E-state index in [-0.39, 0.29) is 40.0 Å². The number of benzene rings is 1. The van der Waals surface area contributed by atoms with Crippen LogP contribution in [0.4, 0.5) is 19.0 Å². The summed E-state index contributed by atoms with van der Waals surface area (Å²) >= 11 is 5.84. The van der Waals surface area contributed by atoms with Crippen LogP contribution in [0.25, 0.3) is 16.9 Å². The molecule has 3 aromatic rings. The number of hydrogen-bond donors (Lipinski definition) is 1. The van der Waals surface area contributed by atoms with Gasteiger partial charge in [0.2, 0.25) is 0 Å². The van der Waals surface area contributed by atoms with Crippen molar-refractivity contribution in [2.45, 2.75) is 26.1 Å². The van der Waals surface area contributed by atoms with Gasteiger partial charge >= 0.3 is 6.18 Å². The van der Waals surface area contributed by atoms with Crippen molar-refractivity contribution in [3.8, 4) is 34.8 Å². The molecule has 3 rings (SSSR count). The van der Waals surface area contributed by atoms with Crippen molar-refractivity contribution >= 4 is 17.4 Å². The molecule has 0 unspecified atom stereocenters. The number of nitrogens with two attached hydrogens (primary N) is 1. The topological polar surface area (TPSA) is 114 Å². The lowest BCUT2D eigenvalue weighted by atomic mass is 9.95. The van der Waals surface area contributed by atoms with Crippen molar-refractivity contribution in [3.05, 3.63) is 52.3 Å². The average molecular weight is 447 g/mol. The number of pyridine rings is 1. The highest BCUT2D eigenvalue weighted by atomic mass is 35.5. The van der Waals surface area contributed by atoms with Gasteiger partial charge in [-0.1, -0.05) is 17.7 Å². The first-order valence-corrected chi connectivity index (χ1v) is 9.17. The number of ether oxygens (including phenoxy) is 1. The Balaban J connectivity index is 2.26. The highest BCUT2D eigenvalue weighted by Crippen LogP contribution is 2.39. The predicted molar refractivity (Wildman–Crippen MR) is 106 cm³/mol. The van der Waals surface area contributed by atoms with Crippen molar-refractivity contribution < 1.29 is 17.9 Å². The average Bonchev–Trinajstić information content (AvgIpc) is 3.13. The minimum atomic E-state index is -4.66. The molecule has 31 heavy (non-hydrogen) atoms. The van der Waals surface area contributed by atoms with E-state index in [0.717, 1.165) is 18.2 Å². The minimum absolute atomic E-state index is 0.00459. The van der Waals surface area contributed by atoms with Crippen LogP contribution in [0.15, 0.2) is 30.6 Å². The molecule has 0 aliphatic rings. The van der Waals surface area contributed by atoms with Gasteiger partial charge in [-0.3, -0.25) is 0 Å². The third kappa shape index (κ3) is 4.25. The summed E-state index contributed by atoms with van der Waals surface area (Å²) in [5, 5.41) is 22.9. The molecule has 0 atom stereocenters. The van der Waals surface area contributed by atoms with Crippen LogP contribution < -0.4 is 10.5 Å². The molecule has 1 aromatic carbocycles. The molecule has 2 N–H and O–H groups in total. The van der Waals surface area contributed by atoms with Gasteiger partial charge in [-0.25, -0.2) is 9.67 Å². The number of alkyl halides is 3. The summed E-state index contributed by atoms with van der Waals surface area (Å²) in [6.07, 6.45) is -1.91. The zero-order valence-corrected chi connectivity index (χ0v) is 17.0. The largest absolute Gasteiger partial charge is 0.488 e. The lowest BCUT2D eigenvalue weighted by Gasteiger charge is -2.15. The van der Waals surface area contributed by atoms with Gasteiger partial charge < -0.3 is 10.5 Å². The first kappa shape index (κ1) is 21.9. The van der Waals surface area contributed by atoms with Crippen LogP contribution in [0.5, 0.6) is 5.75 Å². The molecule has 0 aliphatic heterocycles. The summed E-state index contributed by atoms with van der Waals surface area (Å²) in [6.45, 7) is 3.64. The van der Waals surface area contributed by atoms with Gasteiger partial charge in [0.1, 0.15) is 29.1 Å². The van der Waals surface area contributed by atoms with Crippen molar-refractivity contribution in [1.29, 1.82) is 10.5 Å². The summed E-state index contributed by atoms with van der Waals surface area (Å²) in [7, 11) is 0. The van der Waals surface area contributed by atoms with Gasteiger partial charge in [0, 0.05) is 5.56 Å². The number of halogens is 4. The summed E-state index contributed by atoms with van der Waals surface area (Å²) in [5.41, 5.74) is 4.72. The van der Waals surface area contributed by atoms with Gasteiger partial charge in [0.05, 0.1) is 29.1 Å². The van der Waals surface area contributed by atoms with Gasteiger partial charge in [0.15, 0.2) is 11.6 Å². The van der Waals surface area contributed by atoms with E-state index in [9.17, 15) is 23.7 Å². The molecule has 0 spiro atoms. The zero-order valence-electron chi connectivity index (χ0n) is 16.2. The van der Waals surface area contributed by atoms with E-state index in [2.05, 4.69) is 10.1 Å². The number of anilines is 1. The summed E-state index contributed by atoms with van der Waals surface area (Å²) in [4.78, 5) is 4.11. The normalized spacial score (nSPS) is 11.3. The van der Waals surface area contributed by atoms with Crippen molar-refractivity contribution in [3.63, 3.8) is 0 Å². The Morgan fingerprint density at radius 1 is 1.19 bits per heavy atom. The van der Waals surface area contributed by atoms with E-state index in [4.69, 9.17) is 22.1 Å². The second-order valence-electron chi connectivity index (χ2n) is 6.65. The minimum Gasteiger partial charge on any atom is -0.488 e. The molecule has 0 bridgehead atoms. The van der Waals surface area contributed by atoms with E-state index in [0.29, 0.717) is 5.75 Å². The molecule has 0 aliphatic carbocycles. The maximum atomic E-state index is 13.1. The fraction of sp³-hybridized carbons (Fsp3) is 0.200. The Hall–Kier alpha value is -3.76. The highest BCUT2D eigenvalue weighted by molar-refractivity contribution is 6.31. The van der Waals surface area contributed by atoms with Crippen LogP contribution in [0.2, 0.25) is 5.02 Å². The Bertz CT molecular complexity index is 1240. The van der Waals surface area contributed by atoms with Crippen LogP contribution in [-0.4, -0.2) is 20.9 Å². The summed E-state index contributed by atoms with van der Waals surface area (Å²) in [6, 6.07) is 6.72. The Morgan fingerprint density at radius 3 is 2.42 bits per heavy atom. The van der Waals surface area contributed by atoms with Crippen LogP contribution in [0, 0.1) is 22.7 Å². The lowest BCUT2D eigenvalue weighted by molar-refractivity contribution is -0.137. The Labute approximate surface area is 180 Å². The maximum Gasteiger partial charge on any atom is 0.417 e. The number of aromatic nitrogens is 3. The fourth-order valence-corrected chi connectivity index (χ4v) is 3.21. The standard InChI is InChI=1S/C20H14ClF3N6O/c1-10(2)31-12-8-28-30(9-12)19-14(7-26)17(13(6-25)18(27)29-19)11-3-4-15(16(21)5-11)20(22,23)24/h3-5,8-10H,1-2H3,(H2,27,29). The Morgan fingerprint density at radius 2 is 1.87 bits per heavy atom. The second kappa shape index (κ2) is 8.17. The molecule has 0 saturated carbocycles. The number of nitrogen functional groups attached to an aromatic ring is 1. The first-order valence-electron chi connectivity index (χ1n) is 8.79. The molecule has 2 aromatic heterocycles. The SMILES string of the molecule is CC(C)Oc1cnn(-c2nc(N)c(C#N)c(-c3ccc(C(F)(F)F)c(Cl)c3)c2C#N)c1. The first-order chi connectivity index (χ1) is 14.6. The van der Waals surface area contributed by atoms with E-state index < -0.39 is 16.8 Å². The van der Waals surface area contributed by atoms with E-state index in [1.165, 1.54) is 17.1 Å². The maximum absolute atomic E-state index is 13.1. The van der Waals surface area contributed by atoms with Crippen LogP contribution >= 0.6 is 11.6 Å². The third-order valence-corrected chi connectivity index (χ3v) is 4.45. The Kier molecular flexibility index (Phi) is 5.78. The van der Waals surface area contributed by atoms with Crippen LogP contribution in [0.3, 0.4) is 0 Å². The zero-order chi connectivity index (χ0) is 22.9. The number of nitrogens with zero attached hydrogens (tertiary/aromatic N) is 5. The van der Waals surface area contributed by atoms with Gasteiger partial charge in [0.25, 0.3) is 0 Å². The van der Waals surface area contributed by atoms with Crippen LogP contribution in [-0.2, 0) is 6.18 Å². The van der Waals surface area contributed by atoms with E-state index >= 15 is 0 Å². The smallest absolute Gasteiger partial charge is 0.417 e. The molecule has 11 heteroatoms. The fourth-order valence-electron chi connectivity index (χ4n) is 2.92. The quantitative estimate of drug-likeness (QED) is 0.620. The van der Waals surface area contributed by atoms with Gasteiger partial charge in [-0.2, -0.15) is 28.8 Å². The molecular weight excluding hydrogens is 433 g/mol.